The lowest BCUT2D eigenvalue weighted by atomic mass is 9.74. The maximum absolute atomic E-state index is 5.78. The normalized spacial score (nSPS) is 38.3. The molecule has 1 nitrogen and oxygen atoms in total. The van der Waals surface area contributed by atoms with Gasteiger partial charge < -0.3 is 4.74 Å². The first-order valence-electron chi connectivity index (χ1n) is 5.29. The minimum absolute atomic E-state index is 0.583. The van der Waals surface area contributed by atoms with Crippen LogP contribution in [0, 0.1) is 17.8 Å². The average molecular weight is 186 g/mol. The quantitative estimate of drug-likeness (QED) is 0.565. The van der Waals surface area contributed by atoms with Gasteiger partial charge in [0.1, 0.15) is 0 Å². The Morgan fingerprint density at radius 2 is 2.07 bits per heavy atom. The van der Waals surface area contributed by atoms with Crippen molar-refractivity contribution in [2.24, 2.45) is 17.8 Å². The standard InChI is InChI=1S/C13H14O/c1-2-6-11-10(5-1)9-14-13-8-4-3-7-12(11)13/h1-6,8,10-12H,7,9H2. The van der Waals surface area contributed by atoms with E-state index in [-0.39, 0.29) is 0 Å². The molecule has 1 aliphatic heterocycles. The molecule has 0 radical (unpaired) electrons. The predicted molar refractivity (Wildman–Crippen MR) is 56.5 cm³/mol. The molecule has 1 heterocycles. The van der Waals surface area contributed by atoms with Crippen molar-refractivity contribution in [2.45, 2.75) is 6.42 Å². The molecular formula is C13H14O. The van der Waals surface area contributed by atoms with Crippen LogP contribution in [0.1, 0.15) is 6.42 Å². The summed E-state index contributed by atoms with van der Waals surface area (Å²) in [6, 6.07) is 0. The molecule has 2 aliphatic carbocycles. The van der Waals surface area contributed by atoms with Gasteiger partial charge in [-0.1, -0.05) is 36.5 Å². The molecule has 0 saturated carbocycles. The van der Waals surface area contributed by atoms with Crippen molar-refractivity contribution in [2.75, 3.05) is 6.61 Å². The lowest BCUT2D eigenvalue weighted by Gasteiger charge is -2.38. The number of allylic oxidation sites excluding steroid dienone is 7. The molecule has 1 saturated heterocycles. The van der Waals surface area contributed by atoms with E-state index >= 15 is 0 Å². The average Bonchev–Trinajstić information content (AvgIpc) is 2.29. The van der Waals surface area contributed by atoms with E-state index in [1.807, 2.05) is 0 Å². The van der Waals surface area contributed by atoms with Crippen LogP contribution < -0.4 is 0 Å². The molecule has 0 aromatic rings. The van der Waals surface area contributed by atoms with Crippen molar-refractivity contribution in [1.29, 1.82) is 0 Å². The fraction of sp³-hybridized carbons (Fsp3) is 0.385. The monoisotopic (exact) mass is 186 g/mol. The minimum atomic E-state index is 0.583. The SMILES string of the molecule is C1=CCC2C(=C1)OCC1C=CC=CC12. The Hall–Kier alpha value is -1.24. The molecule has 0 amide bonds. The van der Waals surface area contributed by atoms with Gasteiger partial charge >= 0.3 is 0 Å². The first kappa shape index (κ1) is 8.10. The summed E-state index contributed by atoms with van der Waals surface area (Å²) >= 11 is 0. The van der Waals surface area contributed by atoms with Crippen LogP contribution in [0.25, 0.3) is 0 Å². The molecule has 72 valence electrons. The highest BCUT2D eigenvalue weighted by Gasteiger charge is 2.35. The summed E-state index contributed by atoms with van der Waals surface area (Å²) in [7, 11) is 0. The van der Waals surface area contributed by atoms with Crippen molar-refractivity contribution in [3.8, 4) is 0 Å². The number of hydrogen-bond acceptors (Lipinski definition) is 1. The summed E-state index contributed by atoms with van der Waals surface area (Å²) < 4.78 is 5.78. The molecule has 3 atom stereocenters. The van der Waals surface area contributed by atoms with Crippen LogP contribution in [-0.4, -0.2) is 6.61 Å². The molecule has 0 bridgehead atoms. The third-order valence-corrected chi connectivity index (χ3v) is 3.36. The van der Waals surface area contributed by atoms with E-state index < -0.39 is 0 Å². The van der Waals surface area contributed by atoms with Gasteiger partial charge in [-0.25, -0.2) is 0 Å². The number of ether oxygens (including phenoxy) is 1. The van der Waals surface area contributed by atoms with E-state index in [0.717, 1.165) is 13.0 Å². The molecule has 3 rings (SSSR count). The minimum Gasteiger partial charge on any atom is -0.497 e. The highest BCUT2D eigenvalue weighted by atomic mass is 16.5. The van der Waals surface area contributed by atoms with E-state index in [0.29, 0.717) is 17.8 Å². The van der Waals surface area contributed by atoms with Crippen LogP contribution in [0.15, 0.2) is 48.3 Å². The molecule has 1 fully saturated rings. The van der Waals surface area contributed by atoms with Crippen molar-refractivity contribution < 1.29 is 4.74 Å². The van der Waals surface area contributed by atoms with Gasteiger partial charge in [-0.15, -0.1) is 0 Å². The molecule has 3 unspecified atom stereocenters. The highest BCUT2D eigenvalue weighted by Crippen LogP contribution is 2.40. The van der Waals surface area contributed by atoms with E-state index in [1.165, 1.54) is 5.76 Å². The third-order valence-electron chi connectivity index (χ3n) is 3.36. The topological polar surface area (TPSA) is 9.23 Å². The molecule has 3 aliphatic rings. The lowest BCUT2D eigenvalue weighted by Crippen LogP contribution is -2.33. The zero-order chi connectivity index (χ0) is 9.38. The van der Waals surface area contributed by atoms with E-state index in [2.05, 4.69) is 42.5 Å². The molecule has 0 spiro atoms. The second kappa shape index (κ2) is 3.16. The molecule has 14 heavy (non-hydrogen) atoms. The summed E-state index contributed by atoms with van der Waals surface area (Å²) in [5, 5.41) is 0. The summed E-state index contributed by atoms with van der Waals surface area (Å²) in [5.74, 6) is 3.02. The van der Waals surface area contributed by atoms with Crippen molar-refractivity contribution in [3.63, 3.8) is 0 Å². The lowest BCUT2D eigenvalue weighted by molar-refractivity contribution is 0.0660. The van der Waals surface area contributed by atoms with Crippen LogP contribution in [-0.2, 0) is 4.74 Å². The molecule has 0 N–H and O–H groups in total. The first-order valence-corrected chi connectivity index (χ1v) is 5.29. The van der Waals surface area contributed by atoms with Gasteiger partial charge in [0.15, 0.2) is 0 Å². The third kappa shape index (κ3) is 1.16. The zero-order valence-corrected chi connectivity index (χ0v) is 8.10. The largest absolute Gasteiger partial charge is 0.497 e. The van der Waals surface area contributed by atoms with Gasteiger partial charge in [-0.3, -0.25) is 0 Å². The highest BCUT2D eigenvalue weighted by molar-refractivity contribution is 5.25. The second-order valence-electron chi connectivity index (χ2n) is 4.16. The Kier molecular flexibility index (Phi) is 1.83. The Bertz CT molecular complexity index is 346. The van der Waals surface area contributed by atoms with Crippen molar-refractivity contribution >= 4 is 0 Å². The summed E-state index contributed by atoms with van der Waals surface area (Å²) in [6.07, 6.45) is 16.5. The van der Waals surface area contributed by atoms with Crippen LogP contribution in [0.2, 0.25) is 0 Å². The number of fused-ring (bicyclic) bond motifs is 3. The zero-order valence-electron chi connectivity index (χ0n) is 8.10. The Morgan fingerprint density at radius 1 is 1.14 bits per heavy atom. The van der Waals surface area contributed by atoms with E-state index in [4.69, 9.17) is 4.74 Å². The maximum Gasteiger partial charge on any atom is 0.0999 e. The Labute approximate surface area is 84.5 Å². The number of rotatable bonds is 0. The summed E-state index contributed by atoms with van der Waals surface area (Å²) in [5.41, 5.74) is 0. The smallest absolute Gasteiger partial charge is 0.0999 e. The van der Waals surface area contributed by atoms with Crippen LogP contribution >= 0.6 is 0 Å². The second-order valence-corrected chi connectivity index (χ2v) is 4.16. The van der Waals surface area contributed by atoms with Gasteiger partial charge in [0.05, 0.1) is 12.4 Å². The van der Waals surface area contributed by atoms with Gasteiger partial charge in [-0.05, 0) is 18.4 Å². The Balaban J connectivity index is 1.92. The molecule has 0 aromatic heterocycles. The van der Waals surface area contributed by atoms with Crippen molar-refractivity contribution in [3.05, 3.63) is 48.3 Å². The number of hydrogen-bond donors (Lipinski definition) is 0. The molecule has 0 aromatic carbocycles. The first-order chi connectivity index (χ1) is 6.95. The molecule has 1 heteroatoms. The van der Waals surface area contributed by atoms with Gasteiger partial charge in [0, 0.05) is 11.8 Å². The van der Waals surface area contributed by atoms with Crippen LogP contribution in [0.4, 0.5) is 0 Å². The maximum atomic E-state index is 5.78. The van der Waals surface area contributed by atoms with E-state index in [9.17, 15) is 0 Å². The van der Waals surface area contributed by atoms with E-state index in [1.54, 1.807) is 0 Å². The summed E-state index contributed by atoms with van der Waals surface area (Å²) in [6.45, 7) is 0.849. The summed E-state index contributed by atoms with van der Waals surface area (Å²) in [4.78, 5) is 0. The molecular weight excluding hydrogens is 172 g/mol. The Morgan fingerprint density at radius 3 is 3.07 bits per heavy atom. The fourth-order valence-corrected chi connectivity index (χ4v) is 2.59. The fourth-order valence-electron chi connectivity index (χ4n) is 2.59. The van der Waals surface area contributed by atoms with Gasteiger partial charge in [0.2, 0.25) is 0 Å². The van der Waals surface area contributed by atoms with Crippen LogP contribution in [0.5, 0.6) is 0 Å². The van der Waals surface area contributed by atoms with Crippen molar-refractivity contribution in [1.82, 2.24) is 0 Å². The van der Waals surface area contributed by atoms with Gasteiger partial charge in [-0.2, -0.15) is 0 Å². The van der Waals surface area contributed by atoms with Gasteiger partial charge in [0.25, 0.3) is 0 Å². The van der Waals surface area contributed by atoms with Crippen LogP contribution in [0.3, 0.4) is 0 Å². The predicted octanol–water partition coefficient (Wildman–Crippen LogP) is 2.84.